The number of nitrogens with zero attached hydrogens (tertiary/aromatic N) is 3. The first-order chi connectivity index (χ1) is 7.27. The molecule has 0 unspecified atom stereocenters. The smallest absolute Gasteiger partial charge is 0.225 e. The Morgan fingerprint density at radius 1 is 1.20 bits per heavy atom. The second-order valence-electron chi connectivity index (χ2n) is 3.73. The molecule has 1 aliphatic rings. The fourth-order valence-electron chi connectivity index (χ4n) is 1.72. The van der Waals surface area contributed by atoms with E-state index in [2.05, 4.69) is 14.9 Å². The maximum atomic E-state index is 7.23. The molecule has 1 fully saturated rings. The lowest BCUT2D eigenvalue weighted by molar-refractivity contribution is 0.568. The third-order valence-corrected chi connectivity index (χ3v) is 2.59. The van der Waals surface area contributed by atoms with Crippen LogP contribution in [0.1, 0.15) is 24.8 Å². The van der Waals surface area contributed by atoms with Crippen molar-refractivity contribution in [3.8, 4) is 0 Å². The van der Waals surface area contributed by atoms with Crippen LogP contribution in [0.4, 0.5) is 5.95 Å². The van der Waals surface area contributed by atoms with Gasteiger partial charge in [-0.2, -0.15) is 0 Å². The molecule has 1 aromatic rings. The second-order valence-corrected chi connectivity index (χ2v) is 3.73. The lowest BCUT2D eigenvalue weighted by Gasteiger charge is -2.26. The average molecular weight is 205 g/mol. The normalized spacial score (nSPS) is 16.4. The Morgan fingerprint density at radius 3 is 2.33 bits per heavy atom. The highest BCUT2D eigenvalue weighted by Crippen LogP contribution is 2.14. The Labute approximate surface area is 88.8 Å². The summed E-state index contributed by atoms with van der Waals surface area (Å²) in [5.74, 6) is 0.764. The molecule has 5 nitrogen and oxygen atoms in total. The van der Waals surface area contributed by atoms with E-state index in [1.807, 2.05) is 0 Å². The van der Waals surface area contributed by atoms with Crippen molar-refractivity contribution in [1.29, 1.82) is 5.41 Å². The maximum Gasteiger partial charge on any atom is 0.225 e. The number of hydrogen-bond donors (Lipinski definition) is 2. The third-order valence-electron chi connectivity index (χ3n) is 2.59. The Bertz CT molecular complexity index is 339. The van der Waals surface area contributed by atoms with Gasteiger partial charge in [0.25, 0.3) is 0 Å². The molecule has 0 aliphatic carbocycles. The van der Waals surface area contributed by atoms with Crippen molar-refractivity contribution in [2.24, 2.45) is 5.73 Å². The maximum absolute atomic E-state index is 7.23. The highest BCUT2D eigenvalue weighted by atomic mass is 15.2. The lowest BCUT2D eigenvalue weighted by atomic mass is 10.1. The number of nitrogen functional groups attached to an aromatic ring is 1. The number of piperidine rings is 1. The molecule has 0 radical (unpaired) electrons. The number of anilines is 1. The van der Waals surface area contributed by atoms with Gasteiger partial charge in [0.15, 0.2) is 0 Å². The standard InChI is InChI=1S/C10H15N5/c11-9(12)8-6-13-10(14-7-8)15-4-2-1-3-5-15/h6-7H,1-5H2,(H3,11,12). The van der Waals surface area contributed by atoms with E-state index in [0.717, 1.165) is 19.0 Å². The molecule has 2 rings (SSSR count). The van der Waals surface area contributed by atoms with Gasteiger partial charge in [-0.15, -0.1) is 0 Å². The zero-order valence-electron chi connectivity index (χ0n) is 8.61. The monoisotopic (exact) mass is 205 g/mol. The fourth-order valence-corrected chi connectivity index (χ4v) is 1.72. The first-order valence-electron chi connectivity index (χ1n) is 5.19. The first-order valence-corrected chi connectivity index (χ1v) is 5.19. The summed E-state index contributed by atoms with van der Waals surface area (Å²) in [6.07, 6.45) is 6.93. The van der Waals surface area contributed by atoms with Crippen molar-refractivity contribution in [2.45, 2.75) is 19.3 Å². The van der Waals surface area contributed by atoms with E-state index in [-0.39, 0.29) is 5.84 Å². The molecule has 1 aliphatic heterocycles. The molecule has 0 spiro atoms. The van der Waals surface area contributed by atoms with Crippen molar-refractivity contribution in [1.82, 2.24) is 9.97 Å². The van der Waals surface area contributed by atoms with Crippen LogP contribution in [0.3, 0.4) is 0 Å². The zero-order valence-corrected chi connectivity index (χ0v) is 8.61. The van der Waals surface area contributed by atoms with E-state index >= 15 is 0 Å². The lowest BCUT2D eigenvalue weighted by Crippen LogP contribution is -2.31. The van der Waals surface area contributed by atoms with E-state index in [9.17, 15) is 0 Å². The van der Waals surface area contributed by atoms with Gasteiger partial charge in [0, 0.05) is 25.5 Å². The molecule has 80 valence electrons. The van der Waals surface area contributed by atoms with Crippen LogP contribution in [0.15, 0.2) is 12.4 Å². The average Bonchev–Trinajstić information content (AvgIpc) is 2.30. The highest BCUT2D eigenvalue weighted by molar-refractivity contribution is 5.94. The molecule has 5 heteroatoms. The summed E-state index contributed by atoms with van der Waals surface area (Å²) in [6.45, 7) is 2.05. The van der Waals surface area contributed by atoms with Gasteiger partial charge in [0.05, 0.1) is 5.56 Å². The van der Waals surface area contributed by atoms with Crippen LogP contribution in [-0.4, -0.2) is 28.9 Å². The number of nitrogens with one attached hydrogen (secondary N) is 1. The Kier molecular flexibility index (Phi) is 2.80. The van der Waals surface area contributed by atoms with E-state index in [1.165, 1.54) is 19.3 Å². The summed E-state index contributed by atoms with van der Waals surface area (Å²) in [7, 11) is 0. The van der Waals surface area contributed by atoms with E-state index in [1.54, 1.807) is 12.4 Å². The fraction of sp³-hybridized carbons (Fsp3) is 0.500. The van der Waals surface area contributed by atoms with E-state index in [4.69, 9.17) is 11.1 Å². The van der Waals surface area contributed by atoms with E-state index < -0.39 is 0 Å². The van der Waals surface area contributed by atoms with Gasteiger partial charge in [0.1, 0.15) is 5.84 Å². The van der Waals surface area contributed by atoms with Crippen molar-refractivity contribution in [2.75, 3.05) is 18.0 Å². The minimum atomic E-state index is 0.0141. The predicted octanol–water partition coefficient (Wildman–Crippen LogP) is 0.751. The van der Waals surface area contributed by atoms with Crippen molar-refractivity contribution >= 4 is 11.8 Å². The molecule has 0 amide bonds. The number of nitrogens with two attached hydrogens (primary N) is 1. The minimum Gasteiger partial charge on any atom is -0.384 e. The summed E-state index contributed by atoms with van der Waals surface area (Å²) < 4.78 is 0. The van der Waals surface area contributed by atoms with Crippen molar-refractivity contribution in [3.05, 3.63) is 18.0 Å². The summed E-state index contributed by atoms with van der Waals surface area (Å²) in [5, 5.41) is 7.23. The molecule has 0 bridgehead atoms. The summed E-state index contributed by atoms with van der Waals surface area (Å²) in [5.41, 5.74) is 5.91. The van der Waals surface area contributed by atoms with Crippen molar-refractivity contribution in [3.63, 3.8) is 0 Å². The summed E-state index contributed by atoms with van der Waals surface area (Å²) >= 11 is 0. The predicted molar refractivity (Wildman–Crippen MR) is 59.1 cm³/mol. The molecule has 1 saturated heterocycles. The molecular formula is C10H15N5. The highest BCUT2D eigenvalue weighted by Gasteiger charge is 2.12. The summed E-state index contributed by atoms with van der Waals surface area (Å²) in [6, 6.07) is 0. The molecule has 3 N–H and O–H groups in total. The minimum absolute atomic E-state index is 0.0141. The number of aromatic nitrogens is 2. The molecule has 1 aromatic heterocycles. The Morgan fingerprint density at radius 2 is 1.80 bits per heavy atom. The van der Waals surface area contributed by atoms with Gasteiger partial charge in [0.2, 0.25) is 5.95 Å². The Hall–Kier alpha value is -1.65. The molecule has 15 heavy (non-hydrogen) atoms. The van der Waals surface area contributed by atoms with Gasteiger partial charge < -0.3 is 10.6 Å². The van der Waals surface area contributed by atoms with Gasteiger partial charge >= 0.3 is 0 Å². The molecule has 0 aromatic carbocycles. The topological polar surface area (TPSA) is 78.9 Å². The van der Waals surface area contributed by atoms with Crippen LogP contribution in [0, 0.1) is 5.41 Å². The van der Waals surface area contributed by atoms with Crippen LogP contribution in [0.2, 0.25) is 0 Å². The molecular weight excluding hydrogens is 190 g/mol. The quantitative estimate of drug-likeness (QED) is 0.551. The van der Waals surface area contributed by atoms with Crippen LogP contribution in [-0.2, 0) is 0 Å². The van der Waals surface area contributed by atoms with Crippen LogP contribution in [0.25, 0.3) is 0 Å². The number of amidine groups is 1. The van der Waals surface area contributed by atoms with E-state index in [0.29, 0.717) is 5.56 Å². The second kappa shape index (κ2) is 4.25. The van der Waals surface area contributed by atoms with Crippen LogP contribution < -0.4 is 10.6 Å². The first kappa shape index (κ1) is 9.89. The van der Waals surface area contributed by atoms with Gasteiger partial charge in [-0.3, -0.25) is 5.41 Å². The van der Waals surface area contributed by atoms with Gasteiger partial charge in [-0.05, 0) is 19.3 Å². The summed E-state index contributed by atoms with van der Waals surface area (Å²) in [4.78, 5) is 10.6. The SMILES string of the molecule is N=C(N)c1cnc(N2CCCCC2)nc1. The van der Waals surface area contributed by atoms with Crippen molar-refractivity contribution < 1.29 is 0 Å². The van der Waals surface area contributed by atoms with Crippen LogP contribution in [0.5, 0.6) is 0 Å². The largest absolute Gasteiger partial charge is 0.384 e. The molecule has 2 heterocycles. The number of hydrogen-bond acceptors (Lipinski definition) is 4. The van der Waals surface area contributed by atoms with Crippen LogP contribution >= 0.6 is 0 Å². The van der Waals surface area contributed by atoms with Gasteiger partial charge in [-0.1, -0.05) is 0 Å². The Balaban J connectivity index is 2.11. The number of rotatable bonds is 2. The molecule has 0 saturated carbocycles. The zero-order chi connectivity index (χ0) is 10.7. The molecule has 0 atom stereocenters. The van der Waals surface area contributed by atoms with Gasteiger partial charge in [-0.25, -0.2) is 9.97 Å². The third kappa shape index (κ3) is 2.23.